The van der Waals surface area contributed by atoms with Crippen molar-refractivity contribution in [2.24, 2.45) is 0 Å². The predicted molar refractivity (Wildman–Crippen MR) is 22.1 cm³/mol. The third-order valence-electron chi connectivity index (χ3n) is 0.160. The smallest absolute Gasteiger partial charge is 0.0127 e. The monoisotopic (exact) mass is 143 g/mol. The van der Waals surface area contributed by atoms with Gasteiger partial charge in [0.15, 0.2) is 0 Å². The zero-order valence-electron chi connectivity index (χ0n) is 1.73. The molecule has 0 aromatic carbocycles. The van der Waals surface area contributed by atoms with Gasteiger partial charge in [0.2, 0.25) is 0 Å². The second-order valence-corrected chi connectivity index (χ2v) is 3.21. The molecule has 2 nitrogen and oxygen atoms in total. The Kier molecular flexibility index (Phi) is 0.635. The molecular formula is H2BrNOS. The molecule has 26 valence electrons. The van der Waals surface area contributed by atoms with Crippen LogP contribution in [-0.4, -0.2) is 0 Å². The summed E-state index contributed by atoms with van der Waals surface area (Å²) in [7, 11) is -0.308. The number of thiol groups is 1. The topological polar surface area (TPSA) is 34.5 Å². The Bertz CT molecular complexity index is 27.2. The first kappa shape index (κ1) is 2.96. The van der Waals surface area contributed by atoms with Gasteiger partial charge in [-0.3, -0.25) is 0 Å². The maximum Gasteiger partial charge on any atom is 0.0127 e. The van der Waals surface area contributed by atoms with Gasteiger partial charge in [-0.1, -0.05) is 0 Å². The van der Waals surface area contributed by atoms with Crippen molar-refractivity contribution in [1.82, 2.24) is 4.89 Å². The third kappa shape index (κ3) is 0.599. The van der Waals surface area contributed by atoms with Gasteiger partial charge in [0.25, 0.3) is 0 Å². The van der Waals surface area contributed by atoms with Crippen LogP contribution in [0.25, 0.3) is 0 Å². The lowest BCUT2D eigenvalue weighted by Gasteiger charge is -1.50. The van der Waals surface area contributed by atoms with E-state index in [0.717, 1.165) is 0 Å². The number of rotatable bonds is 0. The van der Waals surface area contributed by atoms with E-state index in [2.05, 4.69) is 24.0 Å². The Hall–Kier alpha value is 0.750. The van der Waals surface area contributed by atoms with Crippen LogP contribution in [0.5, 0.6) is 0 Å². The molecule has 1 aliphatic heterocycles. The first-order valence-corrected chi connectivity index (χ1v) is 4.06. The minimum atomic E-state index is -0.308. The van der Waals surface area contributed by atoms with E-state index in [9.17, 15) is 0 Å². The molecule has 1 unspecified atom stereocenters. The summed E-state index contributed by atoms with van der Waals surface area (Å²) in [5.74, 6) is 0. The highest BCUT2D eigenvalue weighted by molar-refractivity contribution is 9.53. The van der Waals surface area contributed by atoms with Crippen molar-refractivity contribution in [1.29, 1.82) is 0 Å². The average molecular weight is 144 g/mol. The molecule has 4 heavy (non-hydrogen) atoms. The SMILES string of the molecule is Br[SH]1NO1. The molecule has 1 heterocycles. The Morgan fingerprint density at radius 1 is 2.00 bits per heavy atom. The summed E-state index contributed by atoms with van der Waals surface area (Å²) in [6, 6.07) is 0. The summed E-state index contributed by atoms with van der Waals surface area (Å²) in [5, 5.41) is 0. The molecule has 0 radical (unpaired) electrons. The van der Waals surface area contributed by atoms with Gasteiger partial charge < -0.3 is 0 Å². The maximum absolute atomic E-state index is 4.44. The van der Waals surface area contributed by atoms with Gasteiger partial charge in [-0.2, -0.15) is 0 Å². The maximum atomic E-state index is 4.44. The minimum absolute atomic E-state index is 0.308. The standard InChI is InChI=1S/BrH2NOS/c1-4-2-3-4/h2,4H. The lowest BCUT2D eigenvalue weighted by Crippen LogP contribution is -1.50. The van der Waals surface area contributed by atoms with Crippen LogP contribution in [0.2, 0.25) is 0 Å². The zero-order valence-corrected chi connectivity index (χ0v) is 4.21. The van der Waals surface area contributed by atoms with E-state index in [-0.39, 0.29) is 9.80 Å². The highest BCUT2D eigenvalue weighted by Gasteiger charge is 2.09. The largest absolute Gasteiger partial charge is 0.219 e. The molecule has 0 saturated carbocycles. The van der Waals surface area contributed by atoms with E-state index >= 15 is 0 Å². The molecule has 1 aliphatic rings. The molecule has 1 atom stereocenters. The molecule has 0 aliphatic carbocycles. The third-order valence-corrected chi connectivity index (χ3v) is 1.35. The highest BCUT2D eigenvalue weighted by Crippen LogP contribution is 2.41. The van der Waals surface area contributed by atoms with E-state index in [1.807, 2.05) is 0 Å². The fraction of sp³-hybridized carbons (Fsp3) is 0. The van der Waals surface area contributed by atoms with Gasteiger partial charge in [0, 0.05) is 24.6 Å². The molecule has 0 bridgehead atoms. The van der Waals surface area contributed by atoms with Gasteiger partial charge >= 0.3 is 0 Å². The van der Waals surface area contributed by atoms with Crippen molar-refractivity contribution in [3.8, 4) is 0 Å². The lowest BCUT2D eigenvalue weighted by molar-refractivity contribution is 0.471. The second kappa shape index (κ2) is 0.858. The van der Waals surface area contributed by atoms with E-state index in [1.165, 1.54) is 0 Å². The van der Waals surface area contributed by atoms with Gasteiger partial charge in [0.1, 0.15) is 0 Å². The quantitative estimate of drug-likeness (QED) is 0.387. The van der Waals surface area contributed by atoms with Crippen molar-refractivity contribution < 1.29 is 4.28 Å². The van der Waals surface area contributed by atoms with Crippen molar-refractivity contribution in [2.45, 2.75) is 0 Å². The molecule has 4 heteroatoms. The molecule has 1 rings (SSSR count). The van der Waals surface area contributed by atoms with Gasteiger partial charge in [-0.25, -0.2) is 4.28 Å². The van der Waals surface area contributed by atoms with Crippen LogP contribution in [0, 0.1) is 0 Å². The van der Waals surface area contributed by atoms with Gasteiger partial charge in [0.05, 0.1) is 0 Å². The van der Waals surface area contributed by atoms with E-state index in [1.54, 1.807) is 0 Å². The summed E-state index contributed by atoms with van der Waals surface area (Å²) < 4.78 is 4.44. The lowest BCUT2D eigenvalue weighted by atomic mass is 13.6. The minimum Gasteiger partial charge on any atom is -0.219 e. The van der Waals surface area contributed by atoms with Crippen LogP contribution >= 0.6 is 24.6 Å². The van der Waals surface area contributed by atoms with E-state index in [4.69, 9.17) is 0 Å². The summed E-state index contributed by atoms with van der Waals surface area (Å²) in [6.45, 7) is 0. The van der Waals surface area contributed by atoms with E-state index in [0.29, 0.717) is 0 Å². The first-order chi connectivity index (χ1) is 1.89. The molecule has 0 aromatic rings. The first-order valence-electron chi connectivity index (χ1n) is 0.779. The Morgan fingerprint density at radius 3 is 2.25 bits per heavy atom. The van der Waals surface area contributed by atoms with Crippen LogP contribution in [0.15, 0.2) is 0 Å². The van der Waals surface area contributed by atoms with Crippen molar-refractivity contribution in [3.05, 3.63) is 0 Å². The number of hydrogen-bond donors (Lipinski definition) is 2. The molecule has 1 fully saturated rings. The van der Waals surface area contributed by atoms with Crippen molar-refractivity contribution >= 4 is 24.6 Å². The van der Waals surface area contributed by atoms with Crippen molar-refractivity contribution in [3.63, 3.8) is 0 Å². The normalized spacial score (nSPS) is 48.8. The molecule has 0 spiro atoms. The molecule has 0 aromatic heterocycles. The number of hydrogen-bond acceptors (Lipinski definition) is 2. The van der Waals surface area contributed by atoms with Crippen LogP contribution in [0.3, 0.4) is 0 Å². The summed E-state index contributed by atoms with van der Waals surface area (Å²) >= 11 is 3.11. The number of halogens is 1. The van der Waals surface area contributed by atoms with Gasteiger partial charge in [-0.05, 0) is 0 Å². The second-order valence-electron chi connectivity index (χ2n) is 0.427. The molecular weight excluding hydrogens is 142 g/mol. The Morgan fingerprint density at radius 2 is 2.25 bits per heavy atom. The van der Waals surface area contributed by atoms with Crippen LogP contribution in [0.1, 0.15) is 0 Å². The highest BCUT2D eigenvalue weighted by atomic mass is 79.9. The van der Waals surface area contributed by atoms with Crippen LogP contribution < -0.4 is 4.89 Å². The number of nitrogens with one attached hydrogen (secondary N) is 1. The fourth-order valence-corrected chi connectivity index (χ4v) is 0.722. The molecule has 1 N–H and O–H groups in total. The molecule has 0 amide bonds. The predicted octanol–water partition coefficient (Wildman–Crippen LogP) is 0.662. The summed E-state index contributed by atoms with van der Waals surface area (Å²) in [4.78, 5) is 2.58. The summed E-state index contributed by atoms with van der Waals surface area (Å²) in [6.07, 6.45) is 0. The Balaban J connectivity index is 2.17. The van der Waals surface area contributed by atoms with Gasteiger partial charge in [-0.15, -0.1) is 4.89 Å². The van der Waals surface area contributed by atoms with Crippen LogP contribution in [0.4, 0.5) is 0 Å². The van der Waals surface area contributed by atoms with Crippen molar-refractivity contribution in [2.75, 3.05) is 0 Å². The van der Waals surface area contributed by atoms with E-state index < -0.39 is 0 Å². The van der Waals surface area contributed by atoms with Crippen LogP contribution in [-0.2, 0) is 4.28 Å². The fourth-order valence-electron chi connectivity index (χ4n) is 0.0154. The Labute approximate surface area is 34.4 Å². The zero-order chi connectivity index (χ0) is 2.99. The summed E-state index contributed by atoms with van der Waals surface area (Å²) in [5.41, 5.74) is 0. The average Bonchev–Trinajstić information content (AvgIpc) is 1.75. The molecule has 1 saturated heterocycles.